The Balaban J connectivity index is 4.34. The van der Waals surface area contributed by atoms with Crippen LogP contribution in [0.5, 0.6) is 0 Å². The van der Waals surface area contributed by atoms with Gasteiger partial charge in [-0.1, -0.05) is 159 Å². The molecule has 0 aliphatic carbocycles. The number of quaternary nitrogens is 1. The second-order valence-corrected chi connectivity index (χ2v) is 14.9. The number of aliphatic carboxylic acids is 1. The molecule has 0 aromatic rings. The van der Waals surface area contributed by atoms with Crippen molar-refractivity contribution in [3.8, 4) is 0 Å². The summed E-state index contributed by atoms with van der Waals surface area (Å²) in [5.41, 5.74) is 0. The van der Waals surface area contributed by atoms with Crippen LogP contribution in [0, 0.1) is 0 Å². The first-order valence-corrected chi connectivity index (χ1v) is 20.5. The smallest absolute Gasteiger partial charge is 0.362 e. The number of nitrogens with zero attached hydrogens (tertiary/aromatic N) is 1. The molecular weight excluding hydrogens is 642 g/mol. The van der Waals surface area contributed by atoms with Crippen molar-refractivity contribution in [3.63, 3.8) is 0 Å². The molecule has 0 aliphatic rings. The largest absolute Gasteiger partial charge is 0.477 e. The van der Waals surface area contributed by atoms with Crippen LogP contribution >= 0.6 is 0 Å². The Morgan fingerprint density at radius 2 is 1.08 bits per heavy atom. The van der Waals surface area contributed by atoms with Gasteiger partial charge in [0.15, 0.2) is 12.1 Å². The standard InChI is InChI=1S/C43H77NO7/c1-6-8-10-12-14-16-17-18-19-20-21-22-23-24-26-28-30-32-34-42(46)51-39(37-49-36-35-40(43(47)48)44(3,4)5)38-50-41(45)33-31-29-27-25-15-13-11-9-7-2/h9,11,15,25,29,31,39-40H,6-8,10,12-14,16-24,26-28,30,32-38H2,1-5H3/p+1/b11-9+,25-15+,31-29+. The molecule has 1 N–H and O–H groups in total. The fourth-order valence-corrected chi connectivity index (χ4v) is 5.92. The molecule has 296 valence electrons. The third-order valence-electron chi connectivity index (χ3n) is 9.09. The number of likely N-dealkylation sites (N-methyl/N-ethyl adjacent to an activating group) is 1. The lowest BCUT2D eigenvalue weighted by Gasteiger charge is -2.31. The molecule has 0 rings (SSSR count). The maximum atomic E-state index is 12.7. The highest BCUT2D eigenvalue weighted by Gasteiger charge is 2.31. The molecule has 0 bridgehead atoms. The van der Waals surface area contributed by atoms with E-state index in [0.29, 0.717) is 12.8 Å². The van der Waals surface area contributed by atoms with Crippen LogP contribution in [0.2, 0.25) is 0 Å². The van der Waals surface area contributed by atoms with E-state index in [4.69, 9.17) is 14.2 Å². The van der Waals surface area contributed by atoms with Crippen LogP contribution in [0.1, 0.15) is 168 Å². The van der Waals surface area contributed by atoms with Gasteiger partial charge < -0.3 is 23.8 Å². The summed E-state index contributed by atoms with van der Waals surface area (Å²) in [5, 5.41) is 9.58. The minimum atomic E-state index is -0.885. The lowest BCUT2D eigenvalue weighted by molar-refractivity contribution is -0.887. The minimum Gasteiger partial charge on any atom is -0.477 e. The van der Waals surface area contributed by atoms with Crippen molar-refractivity contribution in [3.05, 3.63) is 36.5 Å². The first-order chi connectivity index (χ1) is 24.6. The maximum absolute atomic E-state index is 12.7. The van der Waals surface area contributed by atoms with Gasteiger partial charge in [-0.05, 0) is 25.7 Å². The van der Waals surface area contributed by atoms with Crippen LogP contribution in [-0.4, -0.2) is 80.6 Å². The molecule has 0 spiro atoms. The number of carboxylic acids is 1. The van der Waals surface area contributed by atoms with Crippen molar-refractivity contribution in [2.75, 3.05) is 41.0 Å². The number of allylic oxidation sites excluding steroid dienone is 5. The number of hydrogen-bond donors (Lipinski definition) is 1. The fraction of sp³-hybridized carbons (Fsp3) is 0.791. The summed E-state index contributed by atoms with van der Waals surface area (Å²) in [6, 6.07) is -0.622. The van der Waals surface area contributed by atoms with E-state index < -0.39 is 24.1 Å². The van der Waals surface area contributed by atoms with E-state index in [0.717, 1.165) is 38.5 Å². The van der Waals surface area contributed by atoms with E-state index in [-0.39, 0.29) is 36.7 Å². The van der Waals surface area contributed by atoms with Gasteiger partial charge in [0, 0.05) is 12.8 Å². The molecule has 0 heterocycles. The fourth-order valence-electron chi connectivity index (χ4n) is 5.92. The van der Waals surface area contributed by atoms with Crippen LogP contribution in [0.4, 0.5) is 0 Å². The Kier molecular flexibility index (Phi) is 33.0. The monoisotopic (exact) mass is 721 g/mol. The van der Waals surface area contributed by atoms with Gasteiger partial charge in [0.2, 0.25) is 0 Å². The summed E-state index contributed by atoms with van der Waals surface area (Å²) in [6.07, 6.45) is 38.0. The van der Waals surface area contributed by atoms with E-state index in [9.17, 15) is 19.5 Å². The Morgan fingerprint density at radius 3 is 1.55 bits per heavy atom. The van der Waals surface area contributed by atoms with Gasteiger partial charge in [0.1, 0.15) is 6.61 Å². The second-order valence-electron chi connectivity index (χ2n) is 14.9. The van der Waals surface area contributed by atoms with Gasteiger partial charge in [0.05, 0.1) is 40.8 Å². The van der Waals surface area contributed by atoms with Gasteiger partial charge in [-0.3, -0.25) is 9.59 Å². The van der Waals surface area contributed by atoms with E-state index in [1.54, 1.807) is 6.08 Å². The zero-order chi connectivity index (χ0) is 37.8. The minimum absolute atomic E-state index is 0.0364. The Bertz CT molecular complexity index is 937. The average Bonchev–Trinajstić information content (AvgIpc) is 3.08. The molecule has 8 heteroatoms. The molecule has 0 amide bonds. The van der Waals surface area contributed by atoms with Gasteiger partial charge in [-0.25, -0.2) is 4.79 Å². The number of rotatable bonds is 36. The van der Waals surface area contributed by atoms with Crippen molar-refractivity contribution in [1.82, 2.24) is 0 Å². The van der Waals surface area contributed by atoms with E-state index in [2.05, 4.69) is 38.2 Å². The van der Waals surface area contributed by atoms with Crippen LogP contribution in [-0.2, 0) is 28.6 Å². The van der Waals surface area contributed by atoms with Crippen LogP contribution in [0.25, 0.3) is 0 Å². The van der Waals surface area contributed by atoms with Gasteiger partial charge in [-0.2, -0.15) is 0 Å². The maximum Gasteiger partial charge on any atom is 0.362 e. The second kappa shape index (κ2) is 34.6. The third-order valence-corrected chi connectivity index (χ3v) is 9.09. The zero-order valence-corrected chi connectivity index (χ0v) is 33.6. The molecule has 2 atom stereocenters. The third kappa shape index (κ3) is 33.2. The molecule has 0 saturated carbocycles. The van der Waals surface area contributed by atoms with E-state index >= 15 is 0 Å². The molecule has 2 unspecified atom stereocenters. The highest BCUT2D eigenvalue weighted by molar-refractivity contribution is 5.72. The summed E-state index contributed by atoms with van der Waals surface area (Å²) in [6.45, 7) is 4.51. The molecule has 0 radical (unpaired) electrons. The van der Waals surface area contributed by atoms with Crippen LogP contribution in [0.15, 0.2) is 36.5 Å². The highest BCUT2D eigenvalue weighted by Crippen LogP contribution is 2.15. The molecule has 0 fully saturated rings. The lowest BCUT2D eigenvalue weighted by Crippen LogP contribution is -2.50. The molecule has 8 nitrogen and oxygen atoms in total. The Labute approximate surface area is 313 Å². The Morgan fingerprint density at radius 1 is 0.608 bits per heavy atom. The molecule has 0 saturated heterocycles. The van der Waals surface area contributed by atoms with Gasteiger partial charge in [0.25, 0.3) is 0 Å². The van der Waals surface area contributed by atoms with Crippen LogP contribution < -0.4 is 0 Å². The van der Waals surface area contributed by atoms with Crippen molar-refractivity contribution in [2.45, 2.75) is 180 Å². The summed E-state index contributed by atoms with van der Waals surface area (Å²) in [5.74, 6) is -1.61. The number of ether oxygens (including phenoxy) is 3. The molecule has 0 aromatic heterocycles. The summed E-state index contributed by atoms with van der Waals surface area (Å²) >= 11 is 0. The molecular formula is C43H78NO7+. The van der Waals surface area contributed by atoms with Gasteiger partial charge >= 0.3 is 17.9 Å². The number of hydrogen-bond acceptors (Lipinski definition) is 6. The predicted octanol–water partition coefficient (Wildman–Crippen LogP) is 10.7. The Hall–Kier alpha value is -2.45. The SMILES string of the molecule is CC/C=C/C/C=C/C/C=C/CC(=O)OCC(COCCC(C(=O)O)[N+](C)(C)C)OC(=O)CCCCCCCCCCCCCCCCCCCC. The summed E-state index contributed by atoms with van der Waals surface area (Å²) < 4.78 is 17.1. The number of carboxylic acid groups (broad SMARTS) is 1. The first kappa shape index (κ1) is 48.5. The molecule has 51 heavy (non-hydrogen) atoms. The van der Waals surface area contributed by atoms with Gasteiger partial charge in [-0.15, -0.1) is 0 Å². The average molecular weight is 721 g/mol. The molecule has 0 aromatic carbocycles. The van der Waals surface area contributed by atoms with Crippen LogP contribution in [0.3, 0.4) is 0 Å². The summed E-state index contributed by atoms with van der Waals surface area (Å²) in [7, 11) is 5.50. The predicted molar refractivity (Wildman–Crippen MR) is 211 cm³/mol. The number of esters is 2. The zero-order valence-electron chi connectivity index (χ0n) is 33.6. The lowest BCUT2D eigenvalue weighted by atomic mass is 10.0. The van der Waals surface area contributed by atoms with Crippen molar-refractivity contribution >= 4 is 17.9 Å². The quantitative estimate of drug-likeness (QED) is 0.0298. The van der Waals surface area contributed by atoms with Crippen molar-refractivity contribution in [1.29, 1.82) is 0 Å². The summed E-state index contributed by atoms with van der Waals surface area (Å²) in [4.78, 5) is 36.7. The topological polar surface area (TPSA) is 99.1 Å². The first-order valence-electron chi connectivity index (χ1n) is 20.5. The molecule has 0 aliphatic heterocycles. The van der Waals surface area contributed by atoms with E-state index in [1.807, 2.05) is 27.2 Å². The van der Waals surface area contributed by atoms with Crippen molar-refractivity contribution < 1.29 is 38.2 Å². The number of carbonyl (C=O) groups excluding carboxylic acids is 2. The van der Waals surface area contributed by atoms with Crippen molar-refractivity contribution in [2.24, 2.45) is 0 Å². The normalized spacial score (nSPS) is 13.4. The number of carbonyl (C=O) groups is 3. The number of unbranched alkanes of at least 4 members (excludes halogenated alkanes) is 17. The van der Waals surface area contributed by atoms with E-state index in [1.165, 1.54) is 96.3 Å². The highest BCUT2D eigenvalue weighted by atomic mass is 16.6.